The van der Waals surface area contributed by atoms with Crippen molar-refractivity contribution in [2.75, 3.05) is 5.32 Å². The number of hydrogen-bond acceptors (Lipinski definition) is 2. The molecule has 1 aliphatic rings. The first-order valence-electron chi connectivity index (χ1n) is 5.04. The van der Waals surface area contributed by atoms with Gasteiger partial charge in [0.15, 0.2) is 0 Å². The number of nitrogens with zero attached hydrogens (tertiary/aromatic N) is 1. The summed E-state index contributed by atoms with van der Waals surface area (Å²) in [6, 6.07) is 10.4. The molecule has 2 heteroatoms. The Kier molecular flexibility index (Phi) is 2.41. The van der Waals surface area contributed by atoms with E-state index in [0.717, 1.165) is 17.2 Å². The first-order chi connectivity index (χ1) is 6.78. The minimum absolute atomic E-state index is 0.637. The Morgan fingerprint density at radius 3 is 2.43 bits per heavy atom. The molecule has 72 valence electrons. The molecule has 0 spiro atoms. The van der Waals surface area contributed by atoms with Crippen molar-refractivity contribution in [3.8, 4) is 6.07 Å². The van der Waals surface area contributed by atoms with Gasteiger partial charge in [-0.1, -0.05) is 6.92 Å². The van der Waals surface area contributed by atoms with Crippen molar-refractivity contribution in [2.24, 2.45) is 5.92 Å². The smallest absolute Gasteiger partial charge is 0.0991 e. The number of anilines is 1. The zero-order chi connectivity index (χ0) is 9.97. The number of benzene rings is 1. The fourth-order valence-electron chi connectivity index (χ4n) is 1.90. The Balaban J connectivity index is 1.94. The van der Waals surface area contributed by atoms with E-state index in [4.69, 9.17) is 5.26 Å². The molecule has 1 aromatic rings. The maximum absolute atomic E-state index is 8.63. The van der Waals surface area contributed by atoms with Crippen LogP contribution in [0.4, 0.5) is 5.69 Å². The van der Waals surface area contributed by atoms with E-state index < -0.39 is 0 Å². The van der Waals surface area contributed by atoms with Crippen LogP contribution < -0.4 is 5.32 Å². The van der Waals surface area contributed by atoms with Crippen molar-refractivity contribution in [1.82, 2.24) is 0 Å². The number of nitrogens with one attached hydrogen (secondary N) is 1. The van der Waals surface area contributed by atoms with Crippen molar-refractivity contribution in [3.63, 3.8) is 0 Å². The Hall–Kier alpha value is -1.49. The molecule has 0 bridgehead atoms. The highest BCUT2D eigenvalue weighted by atomic mass is 14.9. The van der Waals surface area contributed by atoms with Crippen molar-refractivity contribution in [3.05, 3.63) is 29.8 Å². The summed E-state index contributed by atoms with van der Waals surface area (Å²) in [5.41, 5.74) is 1.85. The molecule has 2 rings (SSSR count). The minimum atomic E-state index is 0.637. The van der Waals surface area contributed by atoms with Gasteiger partial charge >= 0.3 is 0 Å². The summed E-state index contributed by atoms with van der Waals surface area (Å²) < 4.78 is 0. The van der Waals surface area contributed by atoms with E-state index in [1.54, 1.807) is 0 Å². The van der Waals surface area contributed by atoms with Gasteiger partial charge in [-0.15, -0.1) is 0 Å². The van der Waals surface area contributed by atoms with Crippen molar-refractivity contribution in [2.45, 2.75) is 25.8 Å². The third-order valence-electron chi connectivity index (χ3n) is 2.76. The third kappa shape index (κ3) is 1.88. The number of nitriles is 1. The van der Waals surface area contributed by atoms with Crippen molar-refractivity contribution < 1.29 is 0 Å². The number of rotatable bonds is 2. The van der Waals surface area contributed by atoms with Crippen LogP contribution in [0.2, 0.25) is 0 Å². The lowest BCUT2D eigenvalue weighted by molar-refractivity contribution is 0.309. The Morgan fingerprint density at radius 1 is 1.29 bits per heavy atom. The Morgan fingerprint density at radius 2 is 1.93 bits per heavy atom. The van der Waals surface area contributed by atoms with Crippen LogP contribution in [0.5, 0.6) is 0 Å². The lowest BCUT2D eigenvalue weighted by Crippen LogP contribution is -2.33. The Labute approximate surface area is 84.6 Å². The summed E-state index contributed by atoms with van der Waals surface area (Å²) in [5.74, 6) is 0.867. The van der Waals surface area contributed by atoms with Crippen molar-refractivity contribution >= 4 is 5.69 Å². The molecule has 0 atom stereocenters. The van der Waals surface area contributed by atoms with Crippen LogP contribution in [0.25, 0.3) is 0 Å². The average Bonchev–Trinajstić information content (AvgIpc) is 2.17. The van der Waals surface area contributed by atoms with E-state index in [1.807, 2.05) is 24.3 Å². The lowest BCUT2D eigenvalue weighted by Gasteiger charge is -2.34. The van der Waals surface area contributed by atoms with Crippen LogP contribution in [0.1, 0.15) is 25.3 Å². The summed E-state index contributed by atoms with van der Waals surface area (Å²) in [7, 11) is 0. The van der Waals surface area contributed by atoms with Crippen LogP contribution >= 0.6 is 0 Å². The molecule has 0 aromatic heterocycles. The molecule has 0 heterocycles. The molecule has 1 aliphatic carbocycles. The molecule has 1 N–H and O–H groups in total. The van der Waals surface area contributed by atoms with Gasteiger partial charge in [-0.2, -0.15) is 5.26 Å². The molecular formula is C12H14N2. The van der Waals surface area contributed by atoms with Gasteiger partial charge in [0.2, 0.25) is 0 Å². The lowest BCUT2D eigenvalue weighted by atomic mass is 9.82. The van der Waals surface area contributed by atoms with Gasteiger partial charge in [-0.25, -0.2) is 0 Å². The van der Waals surface area contributed by atoms with Crippen LogP contribution in [-0.2, 0) is 0 Å². The SMILES string of the molecule is CC1CC(Nc2ccc(C#N)cc2)C1. The highest BCUT2D eigenvalue weighted by Crippen LogP contribution is 2.29. The van der Waals surface area contributed by atoms with E-state index in [1.165, 1.54) is 12.8 Å². The maximum Gasteiger partial charge on any atom is 0.0991 e. The fraction of sp³-hybridized carbons (Fsp3) is 0.417. The minimum Gasteiger partial charge on any atom is -0.382 e. The summed E-state index contributed by atoms with van der Waals surface area (Å²) in [6.45, 7) is 2.27. The second-order valence-corrected chi connectivity index (χ2v) is 4.11. The number of hydrogen-bond donors (Lipinski definition) is 1. The largest absolute Gasteiger partial charge is 0.382 e. The van der Waals surface area contributed by atoms with Gasteiger partial charge in [-0.3, -0.25) is 0 Å². The molecule has 0 aliphatic heterocycles. The summed E-state index contributed by atoms with van der Waals surface area (Å²) in [5, 5.41) is 12.1. The summed E-state index contributed by atoms with van der Waals surface area (Å²) >= 11 is 0. The first-order valence-corrected chi connectivity index (χ1v) is 5.04. The van der Waals surface area contributed by atoms with Gasteiger partial charge in [0, 0.05) is 11.7 Å². The second-order valence-electron chi connectivity index (χ2n) is 4.11. The molecule has 0 amide bonds. The van der Waals surface area contributed by atoms with E-state index in [0.29, 0.717) is 6.04 Å². The van der Waals surface area contributed by atoms with Crippen LogP contribution in [0, 0.1) is 17.2 Å². The van der Waals surface area contributed by atoms with E-state index in [-0.39, 0.29) is 0 Å². The predicted molar refractivity (Wildman–Crippen MR) is 57.0 cm³/mol. The standard InChI is InChI=1S/C12H14N2/c1-9-6-12(7-9)14-11-4-2-10(8-13)3-5-11/h2-5,9,12,14H,6-7H2,1H3. The monoisotopic (exact) mass is 186 g/mol. The molecular weight excluding hydrogens is 172 g/mol. The molecule has 1 saturated carbocycles. The Bertz CT molecular complexity index is 342. The summed E-state index contributed by atoms with van der Waals surface area (Å²) in [4.78, 5) is 0. The highest BCUT2D eigenvalue weighted by molar-refractivity contribution is 5.48. The zero-order valence-electron chi connectivity index (χ0n) is 8.33. The van der Waals surface area contributed by atoms with E-state index >= 15 is 0 Å². The fourth-order valence-corrected chi connectivity index (χ4v) is 1.90. The van der Waals surface area contributed by atoms with Gasteiger partial charge in [-0.05, 0) is 43.0 Å². The third-order valence-corrected chi connectivity index (χ3v) is 2.76. The van der Waals surface area contributed by atoms with Gasteiger partial charge in [0.25, 0.3) is 0 Å². The molecule has 0 saturated heterocycles. The average molecular weight is 186 g/mol. The summed E-state index contributed by atoms with van der Waals surface area (Å²) in [6.07, 6.45) is 2.53. The highest BCUT2D eigenvalue weighted by Gasteiger charge is 2.24. The van der Waals surface area contributed by atoms with Crippen LogP contribution in [0.15, 0.2) is 24.3 Å². The normalized spacial score (nSPS) is 24.9. The van der Waals surface area contributed by atoms with E-state index in [2.05, 4.69) is 18.3 Å². The van der Waals surface area contributed by atoms with Crippen LogP contribution in [-0.4, -0.2) is 6.04 Å². The predicted octanol–water partition coefficient (Wildman–Crippen LogP) is 2.77. The van der Waals surface area contributed by atoms with Gasteiger partial charge < -0.3 is 5.32 Å². The molecule has 1 fully saturated rings. The molecule has 1 aromatic carbocycles. The molecule has 0 radical (unpaired) electrons. The maximum atomic E-state index is 8.63. The van der Waals surface area contributed by atoms with Crippen LogP contribution in [0.3, 0.4) is 0 Å². The molecule has 14 heavy (non-hydrogen) atoms. The first kappa shape index (κ1) is 9.08. The van der Waals surface area contributed by atoms with Crippen molar-refractivity contribution in [1.29, 1.82) is 5.26 Å². The molecule has 0 unspecified atom stereocenters. The second kappa shape index (κ2) is 3.71. The van der Waals surface area contributed by atoms with Gasteiger partial charge in [0.1, 0.15) is 0 Å². The van der Waals surface area contributed by atoms with E-state index in [9.17, 15) is 0 Å². The zero-order valence-corrected chi connectivity index (χ0v) is 8.33. The quantitative estimate of drug-likeness (QED) is 0.770. The topological polar surface area (TPSA) is 35.8 Å². The molecule has 2 nitrogen and oxygen atoms in total. The van der Waals surface area contributed by atoms with Gasteiger partial charge in [0.05, 0.1) is 11.6 Å².